The van der Waals surface area contributed by atoms with Crippen LogP contribution in [0.4, 0.5) is 11.4 Å². The first-order valence-electron chi connectivity index (χ1n) is 6.44. The van der Waals surface area contributed by atoms with E-state index in [-0.39, 0.29) is 23.7 Å². The van der Waals surface area contributed by atoms with Crippen molar-refractivity contribution in [3.63, 3.8) is 0 Å². The van der Waals surface area contributed by atoms with Gasteiger partial charge in [-0.3, -0.25) is 10.1 Å². The highest BCUT2D eigenvalue weighted by Crippen LogP contribution is 2.28. The van der Waals surface area contributed by atoms with Crippen LogP contribution in [-0.2, 0) is 10.0 Å². The van der Waals surface area contributed by atoms with Crippen LogP contribution in [0.2, 0.25) is 0 Å². The summed E-state index contributed by atoms with van der Waals surface area (Å²) in [5.41, 5.74) is 0.0141. The number of anilines is 1. The molecule has 0 unspecified atom stereocenters. The number of nitrogens with zero attached hydrogens (tertiary/aromatic N) is 2. The number of nitro benzene ring substituents is 1. The molecule has 118 valence electrons. The summed E-state index contributed by atoms with van der Waals surface area (Å²) in [5, 5.41) is 22.6. The molecule has 2 N–H and O–H groups in total. The summed E-state index contributed by atoms with van der Waals surface area (Å²) >= 11 is 0. The number of benzene rings is 1. The van der Waals surface area contributed by atoms with Gasteiger partial charge in [0.25, 0.3) is 5.69 Å². The summed E-state index contributed by atoms with van der Waals surface area (Å²) in [6.07, 6.45) is 0.781. The molecule has 0 spiro atoms. The zero-order valence-corrected chi connectivity index (χ0v) is 12.8. The quantitative estimate of drug-likeness (QED) is 0.547. The lowest BCUT2D eigenvalue weighted by molar-refractivity contribution is -0.385. The van der Waals surface area contributed by atoms with Crippen molar-refractivity contribution >= 4 is 21.4 Å². The summed E-state index contributed by atoms with van der Waals surface area (Å²) in [6, 6.07) is 3.66. The van der Waals surface area contributed by atoms with Gasteiger partial charge in [-0.2, -0.15) is 4.31 Å². The van der Waals surface area contributed by atoms with Gasteiger partial charge < -0.3 is 10.4 Å². The SMILES string of the molecule is CCCNc1ccc([N+](=O)[O-])cc1S(=O)(=O)N(C)CCO. The molecule has 1 aromatic rings. The lowest BCUT2D eigenvalue weighted by Crippen LogP contribution is -2.30. The number of aliphatic hydroxyl groups is 1. The molecule has 0 saturated carbocycles. The average Bonchev–Trinajstić information content (AvgIpc) is 2.44. The average molecular weight is 317 g/mol. The van der Waals surface area contributed by atoms with Crippen molar-refractivity contribution < 1.29 is 18.4 Å². The Kier molecular flexibility index (Phi) is 6.06. The van der Waals surface area contributed by atoms with Crippen LogP contribution in [0.25, 0.3) is 0 Å². The molecule has 0 radical (unpaired) electrons. The van der Waals surface area contributed by atoms with Crippen LogP contribution in [0.3, 0.4) is 0 Å². The standard InChI is InChI=1S/C12H19N3O5S/c1-3-6-13-11-5-4-10(15(17)18)9-12(11)21(19,20)14(2)7-8-16/h4-5,9,13,16H,3,6-8H2,1-2H3. The molecule has 0 heterocycles. The Balaban J connectivity index is 3.34. The Morgan fingerprint density at radius 1 is 1.43 bits per heavy atom. The number of non-ortho nitro benzene ring substituents is 1. The van der Waals surface area contributed by atoms with Crippen molar-refractivity contribution in [1.82, 2.24) is 4.31 Å². The molecule has 0 saturated heterocycles. The predicted molar refractivity (Wildman–Crippen MR) is 78.8 cm³/mol. The van der Waals surface area contributed by atoms with Gasteiger partial charge in [0.05, 0.1) is 17.2 Å². The van der Waals surface area contributed by atoms with Crippen LogP contribution in [0.5, 0.6) is 0 Å². The van der Waals surface area contributed by atoms with E-state index >= 15 is 0 Å². The highest BCUT2D eigenvalue weighted by Gasteiger charge is 2.26. The number of nitro groups is 1. The van der Waals surface area contributed by atoms with Gasteiger partial charge in [-0.25, -0.2) is 8.42 Å². The highest BCUT2D eigenvalue weighted by atomic mass is 32.2. The van der Waals surface area contributed by atoms with Crippen molar-refractivity contribution in [1.29, 1.82) is 0 Å². The minimum absolute atomic E-state index is 0.0851. The van der Waals surface area contributed by atoms with Gasteiger partial charge in [-0.1, -0.05) is 6.92 Å². The molecule has 9 heteroatoms. The number of hydrogen-bond donors (Lipinski definition) is 2. The predicted octanol–water partition coefficient (Wildman–Crippen LogP) is 1.03. The number of rotatable bonds is 8. The Labute approximate surface area is 123 Å². The highest BCUT2D eigenvalue weighted by molar-refractivity contribution is 7.89. The van der Waals surface area contributed by atoms with Gasteiger partial charge in [-0.05, 0) is 12.5 Å². The molecular formula is C12H19N3O5S. The largest absolute Gasteiger partial charge is 0.395 e. The van der Waals surface area contributed by atoms with Crippen LogP contribution in [0, 0.1) is 10.1 Å². The van der Waals surface area contributed by atoms with Crippen LogP contribution < -0.4 is 5.32 Å². The molecule has 0 fully saturated rings. The topological polar surface area (TPSA) is 113 Å². The number of likely N-dealkylation sites (N-methyl/N-ethyl adjacent to an activating group) is 1. The molecule has 1 aromatic carbocycles. The normalized spacial score (nSPS) is 11.6. The third-order valence-corrected chi connectivity index (χ3v) is 4.74. The summed E-state index contributed by atoms with van der Waals surface area (Å²) in [5.74, 6) is 0. The summed E-state index contributed by atoms with van der Waals surface area (Å²) < 4.78 is 25.8. The smallest absolute Gasteiger partial charge is 0.270 e. The van der Waals surface area contributed by atoms with Gasteiger partial charge in [0.2, 0.25) is 10.0 Å². The first-order chi connectivity index (χ1) is 9.84. The number of sulfonamides is 1. The van der Waals surface area contributed by atoms with Crippen molar-refractivity contribution in [3.8, 4) is 0 Å². The van der Waals surface area contributed by atoms with Crippen molar-refractivity contribution in [2.45, 2.75) is 18.2 Å². The summed E-state index contributed by atoms with van der Waals surface area (Å²) in [6.45, 7) is 2.05. The molecule has 0 aliphatic carbocycles. The molecule has 0 bridgehead atoms. The van der Waals surface area contributed by atoms with Gasteiger partial charge in [0, 0.05) is 32.3 Å². The fraction of sp³-hybridized carbons (Fsp3) is 0.500. The molecule has 0 aromatic heterocycles. The van der Waals surface area contributed by atoms with Gasteiger partial charge >= 0.3 is 0 Å². The van der Waals surface area contributed by atoms with Crippen LogP contribution in [0.15, 0.2) is 23.1 Å². The van der Waals surface area contributed by atoms with E-state index in [4.69, 9.17) is 5.11 Å². The van der Waals surface area contributed by atoms with Crippen LogP contribution >= 0.6 is 0 Å². The van der Waals surface area contributed by atoms with E-state index in [1.54, 1.807) is 0 Å². The zero-order valence-electron chi connectivity index (χ0n) is 11.9. The summed E-state index contributed by atoms with van der Waals surface area (Å²) in [4.78, 5) is 10.0. The molecule has 21 heavy (non-hydrogen) atoms. The van der Waals surface area contributed by atoms with Gasteiger partial charge in [0.15, 0.2) is 0 Å². The first kappa shape index (κ1) is 17.3. The zero-order chi connectivity index (χ0) is 16.0. The van der Waals surface area contributed by atoms with E-state index in [9.17, 15) is 18.5 Å². The number of nitrogens with one attached hydrogen (secondary N) is 1. The summed E-state index contributed by atoms with van der Waals surface area (Å²) in [7, 11) is -2.60. The van der Waals surface area contributed by atoms with Crippen LogP contribution in [-0.4, -0.2) is 49.5 Å². The fourth-order valence-electron chi connectivity index (χ4n) is 1.67. The molecule has 8 nitrogen and oxygen atoms in total. The van der Waals surface area contributed by atoms with E-state index in [1.165, 1.54) is 19.2 Å². The van der Waals surface area contributed by atoms with E-state index in [0.29, 0.717) is 12.2 Å². The van der Waals surface area contributed by atoms with E-state index in [0.717, 1.165) is 16.8 Å². The maximum atomic E-state index is 12.4. The second kappa shape index (κ2) is 7.34. The number of hydrogen-bond acceptors (Lipinski definition) is 6. The lowest BCUT2D eigenvalue weighted by Gasteiger charge is -2.18. The van der Waals surface area contributed by atoms with E-state index in [1.807, 2.05) is 6.92 Å². The maximum absolute atomic E-state index is 12.4. The second-order valence-corrected chi connectivity index (χ2v) is 6.43. The minimum Gasteiger partial charge on any atom is -0.395 e. The number of aliphatic hydroxyl groups excluding tert-OH is 1. The molecular weight excluding hydrogens is 298 g/mol. The van der Waals surface area contributed by atoms with E-state index in [2.05, 4.69) is 5.32 Å². The molecule has 0 amide bonds. The first-order valence-corrected chi connectivity index (χ1v) is 7.88. The van der Waals surface area contributed by atoms with Crippen molar-refractivity contribution in [2.75, 3.05) is 32.1 Å². The van der Waals surface area contributed by atoms with Crippen molar-refractivity contribution in [3.05, 3.63) is 28.3 Å². The molecule has 0 aliphatic heterocycles. The third kappa shape index (κ3) is 4.13. The lowest BCUT2D eigenvalue weighted by atomic mass is 10.3. The maximum Gasteiger partial charge on any atom is 0.270 e. The van der Waals surface area contributed by atoms with Crippen molar-refractivity contribution in [2.24, 2.45) is 0 Å². The Hall–Kier alpha value is -1.71. The van der Waals surface area contributed by atoms with Gasteiger partial charge in [0.1, 0.15) is 4.90 Å². The Morgan fingerprint density at radius 2 is 2.10 bits per heavy atom. The molecule has 0 atom stereocenters. The Morgan fingerprint density at radius 3 is 2.62 bits per heavy atom. The Bertz CT molecular complexity index is 603. The van der Waals surface area contributed by atoms with Gasteiger partial charge in [-0.15, -0.1) is 0 Å². The van der Waals surface area contributed by atoms with Crippen LogP contribution in [0.1, 0.15) is 13.3 Å². The monoisotopic (exact) mass is 317 g/mol. The molecule has 1 rings (SSSR count). The second-order valence-electron chi connectivity index (χ2n) is 4.41. The minimum atomic E-state index is -3.91. The molecule has 0 aliphatic rings. The third-order valence-electron chi connectivity index (χ3n) is 2.84. The fourth-order valence-corrected chi connectivity index (χ4v) is 3.02. The van der Waals surface area contributed by atoms with E-state index < -0.39 is 14.9 Å².